The van der Waals surface area contributed by atoms with Gasteiger partial charge in [-0.1, -0.05) is 0 Å². The van der Waals surface area contributed by atoms with Crippen molar-refractivity contribution < 1.29 is 32.3 Å². The van der Waals surface area contributed by atoms with Gasteiger partial charge in [0, 0.05) is 18.0 Å². The van der Waals surface area contributed by atoms with E-state index < -0.39 is 18.6 Å². The first-order chi connectivity index (χ1) is 15.2. The van der Waals surface area contributed by atoms with Crippen molar-refractivity contribution in [3.8, 4) is 0 Å². The first kappa shape index (κ1) is 23.1. The summed E-state index contributed by atoms with van der Waals surface area (Å²) in [6, 6.07) is 4.67. The first-order valence-electron chi connectivity index (χ1n) is 9.78. The smallest absolute Gasteiger partial charge is 0.377 e. The van der Waals surface area contributed by atoms with Crippen LogP contribution >= 0.6 is 22.7 Å². The summed E-state index contributed by atoms with van der Waals surface area (Å²) in [6.07, 6.45) is -7.54. The highest BCUT2D eigenvalue weighted by molar-refractivity contribution is 7.14. The molecule has 2 aromatic heterocycles. The molecule has 13 heteroatoms. The van der Waals surface area contributed by atoms with Crippen molar-refractivity contribution in [2.24, 2.45) is 0 Å². The Bertz CT molecular complexity index is 980. The second-order valence-electron chi connectivity index (χ2n) is 7.33. The molecule has 0 bridgehead atoms. The summed E-state index contributed by atoms with van der Waals surface area (Å²) in [5, 5.41) is 6.94. The number of nitrogens with zero attached hydrogens (tertiary/aromatic N) is 1. The van der Waals surface area contributed by atoms with Crippen LogP contribution in [0, 0.1) is 6.92 Å². The Balaban J connectivity index is 1.35. The highest BCUT2D eigenvalue weighted by Crippen LogP contribution is 2.30. The quantitative estimate of drug-likeness (QED) is 0.596. The molecule has 3 atom stereocenters. The first-order valence-corrected chi connectivity index (χ1v) is 11.5. The Morgan fingerprint density at radius 3 is 2.81 bits per heavy atom. The van der Waals surface area contributed by atoms with E-state index in [0.717, 1.165) is 16.9 Å². The Kier molecular flexibility index (Phi) is 6.83. The molecular weight excluding hydrogens is 469 g/mol. The fraction of sp³-hybridized carbons (Fsp3) is 0.474. The van der Waals surface area contributed by atoms with E-state index in [4.69, 9.17) is 4.74 Å². The number of hydrogen-bond acceptors (Lipinski definition) is 8. The second kappa shape index (κ2) is 9.45. The van der Waals surface area contributed by atoms with Gasteiger partial charge in [-0.2, -0.15) is 18.7 Å². The van der Waals surface area contributed by atoms with Gasteiger partial charge >= 0.3 is 6.18 Å². The lowest BCUT2D eigenvalue weighted by Crippen LogP contribution is -2.53. The van der Waals surface area contributed by atoms with Gasteiger partial charge in [0.1, 0.15) is 6.17 Å². The molecule has 2 fully saturated rings. The Hall–Kier alpha value is -2.03. The third kappa shape index (κ3) is 4.97. The summed E-state index contributed by atoms with van der Waals surface area (Å²) in [4.78, 5) is 33.2. The van der Waals surface area contributed by atoms with Crippen LogP contribution in [0.25, 0.3) is 0 Å². The lowest BCUT2D eigenvalue weighted by molar-refractivity contribution is -0.224. The van der Waals surface area contributed by atoms with Crippen molar-refractivity contribution >= 4 is 34.5 Å². The number of ether oxygens (including phenoxy) is 1. The SMILES string of the molecule is Cc1ccsc1C(=O)N1CCOCC1CNC(=O)c1ccc(C2NOC(C(F)(F)F)N2)s1. The lowest BCUT2D eigenvalue weighted by Gasteiger charge is -2.35. The molecule has 0 saturated carbocycles. The lowest BCUT2D eigenvalue weighted by atomic mass is 10.2. The molecule has 4 rings (SSSR count). The molecule has 8 nitrogen and oxygen atoms in total. The van der Waals surface area contributed by atoms with E-state index in [-0.39, 0.29) is 24.4 Å². The average molecular weight is 491 g/mol. The number of hydroxylamine groups is 1. The number of aryl methyl sites for hydroxylation is 1. The number of rotatable bonds is 5. The molecule has 0 aromatic carbocycles. The fourth-order valence-electron chi connectivity index (χ4n) is 3.40. The van der Waals surface area contributed by atoms with Crippen molar-refractivity contribution in [3.05, 3.63) is 43.8 Å². The number of thiophene rings is 2. The highest BCUT2D eigenvalue weighted by Gasteiger charge is 2.46. The molecule has 2 saturated heterocycles. The molecule has 0 aliphatic carbocycles. The van der Waals surface area contributed by atoms with Gasteiger partial charge in [0.05, 0.1) is 29.0 Å². The number of hydrogen-bond donors (Lipinski definition) is 3. The van der Waals surface area contributed by atoms with E-state index in [9.17, 15) is 22.8 Å². The minimum atomic E-state index is -4.55. The largest absolute Gasteiger partial charge is 0.430 e. The molecule has 2 aliphatic rings. The average Bonchev–Trinajstić information content (AvgIpc) is 3.51. The normalized spacial score (nSPS) is 24.0. The summed E-state index contributed by atoms with van der Waals surface area (Å²) < 4.78 is 43.7. The molecule has 3 unspecified atom stereocenters. The number of nitrogens with one attached hydrogen (secondary N) is 3. The van der Waals surface area contributed by atoms with Gasteiger partial charge in [0.15, 0.2) is 0 Å². The summed E-state index contributed by atoms with van der Waals surface area (Å²) in [6.45, 7) is 3.24. The van der Waals surface area contributed by atoms with E-state index in [2.05, 4.69) is 21.0 Å². The molecular formula is C19H21F3N4O4S2. The minimum Gasteiger partial charge on any atom is -0.377 e. The van der Waals surface area contributed by atoms with Gasteiger partial charge in [-0.25, -0.2) is 0 Å². The fourth-order valence-corrected chi connectivity index (χ4v) is 5.20. The van der Waals surface area contributed by atoms with E-state index in [1.807, 2.05) is 18.4 Å². The number of carbonyl (C=O) groups excluding carboxylic acids is 2. The minimum absolute atomic E-state index is 0.0870. The van der Waals surface area contributed by atoms with Gasteiger partial charge in [0.25, 0.3) is 11.8 Å². The van der Waals surface area contributed by atoms with E-state index in [1.54, 1.807) is 11.0 Å². The van der Waals surface area contributed by atoms with Crippen LogP contribution in [-0.2, 0) is 9.57 Å². The number of morpholine rings is 1. The zero-order valence-electron chi connectivity index (χ0n) is 16.9. The van der Waals surface area contributed by atoms with Gasteiger partial charge in [-0.05, 0) is 36.1 Å². The van der Waals surface area contributed by atoms with Crippen molar-refractivity contribution in [1.82, 2.24) is 21.0 Å². The Morgan fingerprint density at radius 2 is 2.12 bits per heavy atom. The van der Waals surface area contributed by atoms with Crippen LogP contribution in [0.1, 0.15) is 35.9 Å². The molecule has 32 heavy (non-hydrogen) atoms. The molecule has 4 heterocycles. The summed E-state index contributed by atoms with van der Waals surface area (Å²) in [7, 11) is 0. The van der Waals surface area contributed by atoms with Crippen molar-refractivity contribution in [2.75, 3.05) is 26.3 Å². The molecule has 0 radical (unpaired) electrons. The molecule has 3 N–H and O–H groups in total. The number of carbonyl (C=O) groups is 2. The van der Waals surface area contributed by atoms with Crippen LogP contribution in [-0.4, -0.2) is 61.5 Å². The third-order valence-electron chi connectivity index (χ3n) is 5.10. The number of alkyl halides is 3. The maximum atomic E-state index is 12.9. The van der Waals surface area contributed by atoms with Crippen LogP contribution in [0.15, 0.2) is 23.6 Å². The standard InChI is InChI=1S/C19H21F3N4O4S2/c1-10-4-7-31-14(10)17(28)26-5-6-29-9-11(26)8-23-16(27)13-3-2-12(32-13)15-24-18(30-25-15)19(20,21)22/h2-4,7,11,15,18,24-25H,5-6,8-9H2,1H3,(H,23,27). The third-order valence-corrected chi connectivity index (χ3v) is 7.25. The van der Waals surface area contributed by atoms with Crippen LogP contribution in [0.4, 0.5) is 13.2 Å². The number of halogens is 3. The van der Waals surface area contributed by atoms with Crippen molar-refractivity contribution in [1.29, 1.82) is 0 Å². The molecule has 2 amide bonds. The molecule has 174 valence electrons. The predicted molar refractivity (Wildman–Crippen MR) is 111 cm³/mol. The second-order valence-corrected chi connectivity index (χ2v) is 9.36. The summed E-state index contributed by atoms with van der Waals surface area (Å²) >= 11 is 2.43. The Labute approximate surface area is 189 Å². The zero-order valence-corrected chi connectivity index (χ0v) is 18.5. The summed E-state index contributed by atoms with van der Waals surface area (Å²) in [5.41, 5.74) is 3.20. The van der Waals surface area contributed by atoms with E-state index in [1.165, 1.54) is 17.4 Å². The van der Waals surface area contributed by atoms with Crippen LogP contribution < -0.4 is 16.1 Å². The van der Waals surface area contributed by atoms with Gasteiger partial charge in [-0.15, -0.1) is 22.7 Å². The Morgan fingerprint density at radius 1 is 1.31 bits per heavy atom. The predicted octanol–water partition coefficient (Wildman–Crippen LogP) is 2.40. The van der Waals surface area contributed by atoms with Crippen LogP contribution in [0.3, 0.4) is 0 Å². The maximum Gasteiger partial charge on any atom is 0.430 e. The monoisotopic (exact) mass is 490 g/mol. The van der Waals surface area contributed by atoms with Gasteiger partial charge < -0.3 is 15.0 Å². The zero-order chi connectivity index (χ0) is 22.9. The van der Waals surface area contributed by atoms with Crippen LogP contribution in [0.2, 0.25) is 0 Å². The molecule has 2 aromatic rings. The molecule has 2 aliphatic heterocycles. The van der Waals surface area contributed by atoms with E-state index in [0.29, 0.717) is 34.4 Å². The molecule has 0 spiro atoms. The topological polar surface area (TPSA) is 91.9 Å². The van der Waals surface area contributed by atoms with Gasteiger partial charge in [0.2, 0.25) is 6.23 Å². The van der Waals surface area contributed by atoms with E-state index >= 15 is 0 Å². The van der Waals surface area contributed by atoms with Crippen molar-refractivity contribution in [2.45, 2.75) is 31.5 Å². The maximum absolute atomic E-state index is 12.9. The number of amides is 2. The summed E-state index contributed by atoms with van der Waals surface area (Å²) in [5.74, 6) is -0.464. The van der Waals surface area contributed by atoms with Crippen LogP contribution in [0.5, 0.6) is 0 Å². The van der Waals surface area contributed by atoms with Gasteiger partial charge in [-0.3, -0.25) is 19.7 Å². The van der Waals surface area contributed by atoms with Crippen molar-refractivity contribution in [3.63, 3.8) is 0 Å². The highest BCUT2D eigenvalue weighted by atomic mass is 32.1.